The van der Waals surface area contributed by atoms with Crippen LogP contribution >= 0.6 is 0 Å². The van der Waals surface area contributed by atoms with Crippen molar-refractivity contribution in [2.24, 2.45) is 4.99 Å². The number of nitro groups is 1. The van der Waals surface area contributed by atoms with Crippen molar-refractivity contribution in [3.8, 4) is 0 Å². The Balaban J connectivity index is 1.89. The molecule has 0 unspecified atom stereocenters. The Bertz CT molecular complexity index is 935. The zero-order chi connectivity index (χ0) is 18.9. The highest BCUT2D eigenvalue weighted by atomic mass is 16.6. The number of rotatable bonds is 3. The topological polar surface area (TPSA) is 81.8 Å². The van der Waals surface area contributed by atoms with Gasteiger partial charge < -0.3 is 4.74 Å². The minimum absolute atomic E-state index is 0.0469. The third-order valence-electron chi connectivity index (χ3n) is 4.00. The Morgan fingerprint density at radius 1 is 1.12 bits per heavy atom. The van der Waals surface area contributed by atoms with E-state index < -0.39 is 10.9 Å². The molecule has 1 aliphatic heterocycles. The van der Waals surface area contributed by atoms with E-state index in [4.69, 9.17) is 4.74 Å². The molecule has 2 aromatic rings. The van der Waals surface area contributed by atoms with Crippen molar-refractivity contribution >= 4 is 23.6 Å². The van der Waals surface area contributed by atoms with E-state index in [1.54, 1.807) is 12.1 Å². The number of benzene rings is 2. The molecule has 0 atom stereocenters. The molecule has 6 nitrogen and oxygen atoms in total. The third kappa shape index (κ3) is 3.69. The molecule has 0 saturated carbocycles. The summed E-state index contributed by atoms with van der Waals surface area (Å²) in [6, 6.07) is 13.7. The normalized spacial score (nSPS) is 15.7. The van der Waals surface area contributed by atoms with Crippen LogP contribution in [-0.2, 0) is 14.9 Å². The van der Waals surface area contributed by atoms with E-state index in [0.717, 1.165) is 5.56 Å². The summed E-state index contributed by atoms with van der Waals surface area (Å²) in [5.74, 6) is -0.511. The zero-order valence-corrected chi connectivity index (χ0v) is 14.7. The Morgan fingerprint density at radius 3 is 2.42 bits per heavy atom. The molecule has 1 heterocycles. The molecule has 3 rings (SSSR count). The van der Waals surface area contributed by atoms with Crippen LogP contribution in [0.5, 0.6) is 0 Å². The van der Waals surface area contributed by atoms with Gasteiger partial charge in [-0.3, -0.25) is 10.1 Å². The van der Waals surface area contributed by atoms with E-state index in [0.29, 0.717) is 5.56 Å². The van der Waals surface area contributed by atoms with Gasteiger partial charge in [0.25, 0.3) is 5.69 Å². The van der Waals surface area contributed by atoms with Gasteiger partial charge in [0, 0.05) is 17.7 Å². The predicted molar refractivity (Wildman–Crippen MR) is 98.8 cm³/mol. The molecule has 132 valence electrons. The number of cyclic esters (lactones) is 1. The summed E-state index contributed by atoms with van der Waals surface area (Å²) < 4.78 is 5.17. The Morgan fingerprint density at radius 2 is 1.81 bits per heavy atom. The van der Waals surface area contributed by atoms with Crippen LogP contribution in [0.15, 0.2) is 59.2 Å². The average molecular weight is 350 g/mol. The van der Waals surface area contributed by atoms with E-state index in [1.165, 1.54) is 23.8 Å². The van der Waals surface area contributed by atoms with Crippen LogP contribution in [0.25, 0.3) is 6.08 Å². The maximum atomic E-state index is 12.1. The van der Waals surface area contributed by atoms with Gasteiger partial charge in [0.05, 0.1) is 4.92 Å². The number of esters is 1. The predicted octanol–water partition coefficient (Wildman–Crippen LogP) is 4.24. The highest BCUT2D eigenvalue weighted by Gasteiger charge is 2.25. The SMILES string of the molecule is CC(C)(C)c1ccc(C=C2N=C(c3cccc([N+](=O)[O-])c3)OC2=O)cc1. The lowest BCUT2D eigenvalue weighted by Gasteiger charge is -2.18. The van der Waals surface area contributed by atoms with E-state index in [1.807, 2.05) is 24.3 Å². The number of aliphatic imine (C=N–C) groups is 1. The van der Waals surface area contributed by atoms with E-state index in [-0.39, 0.29) is 22.7 Å². The van der Waals surface area contributed by atoms with E-state index >= 15 is 0 Å². The molecular weight excluding hydrogens is 332 g/mol. The quantitative estimate of drug-likeness (QED) is 0.359. The lowest BCUT2D eigenvalue weighted by atomic mass is 9.87. The second-order valence-electron chi connectivity index (χ2n) is 7.02. The van der Waals surface area contributed by atoms with Crippen molar-refractivity contribution < 1.29 is 14.5 Å². The molecule has 0 spiro atoms. The van der Waals surface area contributed by atoms with Crippen LogP contribution in [0.1, 0.15) is 37.5 Å². The number of hydrogen-bond acceptors (Lipinski definition) is 5. The Labute approximate surface area is 151 Å². The van der Waals surface area contributed by atoms with Crippen LogP contribution in [0, 0.1) is 10.1 Å². The van der Waals surface area contributed by atoms with Crippen LogP contribution in [0.3, 0.4) is 0 Å². The van der Waals surface area contributed by atoms with Crippen molar-refractivity contribution in [2.75, 3.05) is 0 Å². The van der Waals surface area contributed by atoms with Crippen LogP contribution in [-0.4, -0.2) is 16.8 Å². The molecule has 1 aliphatic rings. The van der Waals surface area contributed by atoms with Crippen LogP contribution < -0.4 is 0 Å². The van der Waals surface area contributed by atoms with Gasteiger partial charge in [-0.2, -0.15) is 0 Å². The fourth-order valence-electron chi connectivity index (χ4n) is 2.52. The Hall–Kier alpha value is -3.28. The highest BCUT2D eigenvalue weighted by molar-refractivity contribution is 6.13. The largest absolute Gasteiger partial charge is 0.402 e. The summed E-state index contributed by atoms with van der Waals surface area (Å²) in [7, 11) is 0. The van der Waals surface area contributed by atoms with Gasteiger partial charge in [-0.1, -0.05) is 51.1 Å². The van der Waals surface area contributed by atoms with Crippen molar-refractivity contribution in [1.82, 2.24) is 0 Å². The summed E-state index contributed by atoms with van der Waals surface area (Å²) in [5, 5.41) is 10.9. The minimum atomic E-state index is -0.577. The molecule has 0 fully saturated rings. The monoisotopic (exact) mass is 350 g/mol. The van der Waals surface area contributed by atoms with E-state index in [9.17, 15) is 14.9 Å². The van der Waals surface area contributed by atoms with Gasteiger partial charge in [0.2, 0.25) is 5.90 Å². The van der Waals surface area contributed by atoms with E-state index in [2.05, 4.69) is 25.8 Å². The van der Waals surface area contributed by atoms with Gasteiger partial charge in [-0.15, -0.1) is 0 Å². The number of nitrogens with zero attached hydrogens (tertiary/aromatic N) is 2. The number of non-ortho nitro benzene ring substituents is 1. The fourth-order valence-corrected chi connectivity index (χ4v) is 2.52. The first-order valence-corrected chi connectivity index (χ1v) is 8.12. The number of ether oxygens (including phenoxy) is 1. The second-order valence-corrected chi connectivity index (χ2v) is 7.02. The lowest BCUT2D eigenvalue weighted by molar-refractivity contribution is -0.384. The first-order valence-electron chi connectivity index (χ1n) is 8.12. The van der Waals surface area contributed by atoms with Crippen molar-refractivity contribution in [3.05, 3.63) is 81.0 Å². The molecule has 0 radical (unpaired) electrons. The van der Waals surface area contributed by atoms with Gasteiger partial charge in [-0.25, -0.2) is 9.79 Å². The number of hydrogen-bond donors (Lipinski definition) is 0. The highest BCUT2D eigenvalue weighted by Crippen LogP contribution is 2.24. The van der Waals surface area contributed by atoms with Gasteiger partial charge >= 0.3 is 5.97 Å². The standard InChI is InChI=1S/C20H18N2O4/c1-20(2,3)15-9-7-13(8-10-15)11-17-19(23)26-18(21-17)14-5-4-6-16(12-14)22(24)25/h4-12H,1-3H3. The molecule has 0 amide bonds. The summed E-state index contributed by atoms with van der Waals surface area (Å²) in [6.45, 7) is 6.39. The maximum absolute atomic E-state index is 12.1. The van der Waals surface area contributed by atoms with Gasteiger partial charge in [0.15, 0.2) is 5.70 Å². The fraction of sp³-hybridized carbons (Fsp3) is 0.200. The molecule has 0 aromatic heterocycles. The number of carbonyl (C=O) groups excluding carboxylic acids is 1. The molecular formula is C20H18N2O4. The zero-order valence-electron chi connectivity index (χ0n) is 14.7. The number of nitro benzene ring substituents is 1. The van der Waals surface area contributed by atoms with Crippen molar-refractivity contribution in [3.63, 3.8) is 0 Å². The lowest BCUT2D eigenvalue weighted by Crippen LogP contribution is -2.10. The molecule has 0 bridgehead atoms. The molecule has 0 aliphatic carbocycles. The van der Waals surface area contributed by atoms with Gasteiger partial charge in [0.1, 0.15) is 0 Å². The molecule has 0 N–H and O–H groups in total. The summed E-state index contributed by atoms with van der Waals surface area (Å²) in [4.78, 5) is 26.6. The first kappa shape index (κ1) is 17.5. The summed E-state index contributed by atoms with van der Waals surface area (Å²) in [6.07, 6.45) is 1.64. The molecule has 2 aromatic carbocycles. The first-order chi connectivity index (χ1) is 12.2. The molecule has 6 heteroatoms. The average Bonchev–Trinajstić information content (AvgIpc) is 2.95. The number of carbonyl (C=O) groups is 1. The third-order valence-corrected chi connectivity index (χ3v) is 4.00. The van der Waals surface area contributed by atoms with Crippen LogP contribution in [0.4, 0.5) is 5.69 Å². The smallest absolute Gasteiger partial charge is 0.363 e. The second kappa shape index (κ2) is 6.55. The van der Waals surface area contributed by atoms with Crippen LogP contribution in [0.2, 0.25) is 0 Å². The van der Waals surface area contributed by atoms with Crippen molar-refractivity contribution in [1.29, 1.82) is 0 Å². The molecule has 26 heavy (non-hydrogen) atoms. The van der Waals surface area contributed by atoms with Gasteiger partial charge in [-0.05, 0) is 28.7 Å². The molecule has 0 saturated heterocycles. The minimum Gasteiger partial charge on any atom is -0.402 e. The Kier molecular flexibility index (Phi) is 4.42. The summed E-state index contributed by atoms with van der Waals surface area (Å²) >= 11 is 0. The summed E-state index contributed by atoms with van der Waals surface area (Å²) in [5.41, 5.74) is 2.53. The maximum Gasteiger partial charge on any atom is 0.363 e. The van der Waals surface area contributed by atoms with Crippen molar-refractivity contribution in [2.45, 2.75) is 26.2 Å².